The molecule has 1 aliphatic rings. The van der Waals surface area contributed by atoms with Crippen molar-refractivity contribution >= 4 is 35.6 Å². The highest BCUT2D eigenvalue weighted by Gasteiger charge is 2.22. The number of benzene rings is 2. The molecule has 1 fully saturated rings. The molecule has 3 rings (SSSR count). The van der Waals surface area contributed by atoms with Crippen LogP contribution in [0.3, 0.4) is 0 Å². The number of hydrogen-bond donors (Lipinski definition) is 2. The normalized spacial score (nSPS) is 15.9. The molecule has 0 saturated carbocycles. The van der Waals surface area contributed by atoms with E-state index in [0.717, 1.165) is 32.0 Å². The number of ether oxygens (including phenoxy) is 3. The summed E-state index contributed by atoms with van der Waals surface area (Å²) >= 11 is 0. The third-order valence-corrected chi connectivity index (χ3v) is 4.76. The van der Waals surface area contributed by atoms with Gasteiger partial charge in [0, 0.05) is 24.8 Å². The lowest BCUT2D eigenvalue weighted by atomic mass is 10.1. The number of guanidine groups is 1. The molecular formula is C21H29IN4O3. The van der Waals surface area contributed by atoms with Crippen molar-refractivity contribution in [2.24, 2.45) is 10.7 Å². The van der Waals surface area contributed by atoms with Crippen molar-refractivity contribution in [3.63, 3.8) is 0 Å². The molecule has 0 amide bonds. The van der Waals surface area contributed by atoms with E-state index in [-0.39, 0.29) is 30.0 Å². The zero-order valence-corrected chi connectivity index (χ0v) is 19.2. The molecule has 2 aromatic carbocycles. The van der Waals surface area contributed by atoms with Crippen molar-refractivity contribution in [3.8, 4) is 11.5 Å². The van der Waals surface area contributed by atoms with Gasteiger partial charge in [-0.1, -0.05) is 30.3 Å². The smallest absolute Gasteiger partial charge is 0.193 e. The Morgan fingerprint density at radius 1 is 1.10 bits per heavy atom. The maximum atomic E-state index is 6.15. The van der Waals surface area contributed by atoms with Crippen molar-refractivity contribution < 1.29 is 14.2 Å². The lowest BCUT2D eigenvalue weighted by Crippen LogP contribution is -2.40. The first-order chi connectivity index (χ1) is 13.7. The number of halogens is 1. The molecule has 29 heavy (non-hydrogen) atoms. The fourth-order valence-electron chi connectivity index (χ4n) is 3.28. The molecule has 0 radical (unpaired) electrons. The predicted molar refractivity (Wildman–Crippen MR) is 127 cm³/mol. The van der Waals surface area contributed by atoms with E-state index < -0.39 is 0 Å². The molecule has 0 aromatic heterocycles. The molecule has 7 nitrogen and oxygen atoms in total. The van der Waals surface area contributed by atoms with Crippen LogP contribution in [0.15, 0.2) is 53.5 Å². The van der Waals surface area contributed by atoms with Crippen LogP contribution in [0, 0.1) is 0 Å². The zero-order valence-electron chi connectivity index (χ0n) is 16.8. The fraction of sp³-hybridized carbons (Fsp3) is 0.381. The van der Waals surface area contributed by atoms with Gasteiger partial charge < -0.3 is 25.3 Å². The second-order valence-electron chi connectivity index (χ2n) is 6.50. The molecule has 1 aliphatic heterocycles. The first-order valence-electron chi connectivity index (χ1n) is 9.37. The summed E-state index contributed by atoms with van der Waals surface area (Å²) < 4.78 is 16.1. The standard InChI is InChI=1S/C21H28N4O3.HI/c1-26-19-9-8-17(14-20(19)27-2)24-21(22)23-15-18(16-6-4-3-5-7-16)25-10-12-28-13-11-25;/h3-9,14,18H,10-13,15H2,1-2H3,(H3,22,23,24);1H. The molecule has 0 spiro atoms. The van der Waals surface area contributed by atoms with Gasteiger partial charge in [0.15, 0.2) is 17.5 Å². The molecule has 8 heteroatoms. The lowest BCUT2D eigenvalue weighted by molar-refractivity contribution is 0.0180. The molecular weight excluding hydrogens is 483 g/mol. The van der Waals surface area contributed by atoms with Gasteiger partial charge in [-0.25, -0.2) is 0 Å². The zero-order chi connectivity index (χ0) is 19.8. The Bertz CT molecular complexity index is 783. The van der Waals surface area contributed by atoms with Crippen molar-refractivity contribution in [2.75, 3.05) is 52.4 Å². The van der Waals surface area contributed by atoms with Crippen molar-refractivity contribution in [3.05, 3.63) is 54.1 Å². The molecule has 0 aliphatic carbocycles. The van der Waals surface area contributed by atoms with Crippen LogP contribution >= 0.6 is 24.0 Å². The van der Waals surface area contributed by atoms with Crippen LogP contribution < -0.4 is 20.5 Å². The highest BCUT2D eigenvalue weighted by molar-refractivity contribution is 14.0. The topological polar surface area (TPSA) is 81.3 Å². The maximum absolute atomic E-state index is 6.15. The first kappa shape index (κ1) is 23.2. The molecule has 158 valence electrons. The minimum atomic E-state index is 0. The van der Waals surface area contributed by atoms with Gasteiger partial charge in [0.2, 0.25) is 0 Å². The number of anilines is 1. The minimum absolute atomic E-state index is 0. The Labute approximate surface area is 189 Å². The number of hydrogen-bond acceptors (Lipinski definition) is 5. The van der Waals surface area contributed by atoms with Gasteiger partial charge in [0.1, 0.15) is 0 Å². The molecule has 2 aromatic rings. The predicted octanol–water partition coefficient (Wildman–Crippen LogP) is 3.12. The van der Waals surface area contributed by atoms with Gasteiger partial charge >= 0.3 is 0 Å². The Morgan fingerprint density at radius 3 is 2.45 bits per heavy atom. The van der Waals surface area contributed by atoms with Gasteiger partial charge in [0.25, 0.3) is 0 Å². The average molecular weight is 512 g/mol. The summed E-state index contributed by atoms with van der Waals surface area (Å²) in [5.74, 6) is 1.66. The number of rotatable bonds is 7. The van der Waals surface area contributed by atoms with Crippen molar-refractivity contribution in [1.82, 2.24) is 4.90 Å². The summed E-state index contributed by atoms with van der Waals surface area (Å²) in [6.07, 6.45) is 0. The van der Waals surface area contributed by atoms with E-state index in [1.807, 2.05) is 24.3 Å². The van der Waals surface area contributed by atoms with Crippen molar-refractivity contribution in [2.45, 2.75) is 6.04 Å². The van der Waals surface area contributed by atoms with E-state index in [1.54, 1.807) is 14.2 Å². The quantitative estimate of drug-likeness (QED) is 0.337. The molecule has 1 atom stereocenters. The Kier molecular flexibility index (Phi) is 9.49. The van der Waals surface area contributed by atoms with Gasteiger partial charge in [-0.05, 0) is 17.7 Å². The first-order valence-corrected chi connectivity index (χ1v) is 9.37. The monoisotopic (exact) mass is 512 g/mol. The summed E-state index contributed by atoms with van der Waals surface area (Å²) in [4.78, 5) is 6.99. The van der Waals surface area contributed by atoms with Crippen LogP contribution in [0.1, 0.15) is 11.6 Å². The lowest BCUT2D eigenvalue weighted by Gasteiger charge is -2.34. The van der Waals surface area contributed by atoms with Crippen LogP contribution in [-0.2, 0) is 4.74 Å². The molecule has 1 saturated heterocycles. The van der Waals surface area contributed by atoms with E-state index >= 15 is 0 Å². The largest absolute Gasteiger partial charge is 0.493 e. The summed E-state index contributed by atoms with van der Waals surface area (Å²) in [5, 5.41) is 3.13. The number of aliphatic imine (C=N–C) groups is 1. The van der Waals surface area contributed by atoms with Gasteiger partial charge in [-0.3, -0.25) is 9.89 Å². The number of methoxy groups -OCH3 is 2. The van der Waals surface area contributed by atoms with E-state index in [9.17, 15) is 0 Å². The van der Waals surface area contributed by atoms with E-state index in [4.69, 9.17) is 19.9 Å². The van der Waals surface area contributed by atoms with E-state index in [0.29, 0.717) is 24.0 Å². The summed E-state index contributed by atoms with van der Waals surface area (Å²) in [6, 6.07) is 16.1. The highest BCUT2D eigenvalue weighted by Crippen LogP contribution is 2.29. The Hall–Kier alpha value is -2.04. The van der Waals surface area contributed by atoms with Crippen LogP contribution in [0.25, 0.3) is 0 Å². The van der Waals surface area contributed by atoms with Crippen LogP contribution in [0.5, 0.6) is 11.5 Å². The number of nitrogens with two attached hydrogens (primary N) is 1. The summed E-state index contributed by atoms with van der Waals surface area (Å²) in [6.45, 7) is 3.82. The third kappa shape index (κ3) is 6.48. The maximum Gasteiger partial charge on any atom is 0.193 e. The SMILES string of the molecule is COc1ccc(NC(N)=NCC(c2ccccc2)N2CCOCC2)cc1OC.I. The summed E-state index contributed by atoms with van der Waals surface area (Å²) in [7, 11) is 3.21. The van der Waals surface area contributed by atoms with E-state index in [2.05, 4.69) is 39.5 Å². The average Bonchev–Trinajstić information content (AvgIpc) is 2.75. The Morgan fingerprint density at radius 2 is 1.79 bits per heavy atom. The molecule has 1 heterocycles. The second kappa shape index (κ2) is 11.8. The van der Waals surface area contributed by atoms with Crippen molar-refractivity contribution in [1.29, 1.82) is 0 Å². The molecule has 1 unspecified atom stereocenters. The Balaban J connectivity index is 0.00000300. The number of nitrogens with one attached hydrogen (secondary N) is 1. The molecule has 3 N–H and O–H groups in total. The fourth-order valence-corrected chi connectivity index (χ4v) is 3.28. The van der Waals surface area contributed by atoms with E-state index in [1.165, 1.54) is 5.56 Å². The van der Waals surface area contributed by atoms with Gasteiger partial charge in [-0.2, -0.15) is 0 Å². The number of nitrogens with zero attached hydrogens (tertiary/aromatic N) is 2. The van der Waals surface area contributed by atoms with Gasteiger partial charge in [0.05, 0.1) is 40.0 Å². The van der Waals surface area contributed by atoms with Crippen LogP contribution in [0.2, 0.25) is 0 Å². The summed E-state index contributed by atoms with van der Waals surface area (Å²) in [5.41, 5.74) is 8.17. The van der Waals surface area contributed by atoms with Crippen LogP contribution in [0.4, 0.5) is 5.69 Å². The second-order valence-corrected chi connectivity index (χ2v) is 6.50. The molecule has 0 bridgehead atoms. The minimum Gasteiger partial charge on any atom is -0.493 e. The van der Waals surface area contributed by atoms with Crippen LogP contribution in [-0.4, -0.2) is 57.9 Å². The highest BCUT2D eigenvalue weighted by atomic mass is 127. The number of morpholine rings is 1. The third-order valence-electron chi connectivity index (χ3n) is 4.76. The van der Waals surface area contributed by atoms with Gasteiger partial charge in [-0.15, -0.1) is 24.0 Å².